The fraction of sp³-hybridized carbons (Fsp3) is 0.0769. The van der Waals surface area contributed by atoms with E-state index in [9.17, 15) is 8.42 Å². The smallest absolute Gasteiger partial charge is 0.305 e. The van der Waals surface area contributed by atoms with Gasteiger partial charge in [-0.2, -0.15) is 0 Å². The molecule has 0 saturated carbocycles. The van der Waals surface area contributed by atoms with Crippen molar-refractivity contribution >= 4 is 10.0 Å². The molecule has 6 heteroatoms. The number of benzene rings is 4. The Hall–Kier alpha value is -3.61. The van der Waals surface area contributed by atoms with Crippen molar-refractivity contribution in [3.8, 4) is 11.5 Å². The number of fused-ring (bicyclic) bond motifs is 1. The molecule has 0 fully saturated rings. The van der Waals surface area contributed by atoms with Crippen LogP contribution in [0.5, 0.6) is 11.5 Å². The summed E-state index contributed by atoms with van der Waals surface area (Å²) >= 11 is 0. The first-order valence-corrected chi connectivity index (χ1v) is 11.7. The van der Waals surface area contributed by atoms with Gasteiger partial charge in [0.2, 0.25) is 10.0 Å². The Labute approximate surface area is 187 Å². The van der Waals surface area contributed by atoms with Crippen LogP contribution in [0.4, 0.5) is 0 Å². The maximum absolute atomic E-state index is 12.9. The van der Waals surface area contributed by atoms with Crippen LogP contribution in [-0.4, -0.2) is 8.42 Å². The first kappa shape index (κ1) is 20.3. The zero-order valence-corrected chi connectivity index (χ0v) is 18.0. The topological polar surface area (TPSA) is 64.6 Å². The summed E-state index contributed by atoms with van der Waals surface area (Å²) in [6, 6.07) is 33.3. The van der Waals surface area contributed by atoms with Gasteiger partial charge in [-0.3, -0.25) is 0 Å². The number of sulfonamides is 1. The summed E-state index contributed by atoms with van der Waals surface area (Å²) in [6.07, 6.45) is 0. The number of rotatable bonds is 6. The van der Waals surface area contributed by atoms with Crippen molar-refractivity contribution in [2.45, 2.75) is 17.2 Å². The standard InChI is InChI=1S/C26H21NO4S/c28-32(29,27-19-20-10-4-1-5-11-20)23-16-17-24-25(18-23)31-26(30-24,21-12-6-2-7-13-21)22-14-8-3-9-15-22/h1-18,27H,19H2. The highest BCUT2D eigenvalue weighted by atomic mass is 32.2. The van der Waals surface area contributed by atoms with Crippen LogP contribution in [0.1, 0.15) is 16.7 Å². The zero-order chi connectivity index (χ0) is 22.0. The Morgan fingerprint density at radius 2 is 1.19 bits per heavy atom. The maximum atomic E-state index is 12.9. The quantitative estimate of drug-likeness (QED) is 0.463. The number of hydrogen-bond donors (Lipinski definition) is 1. The van der Waals surface area contributed by atoms with Gasteiger partial charge in [-0.15, -0.1) is 0 Å². The molecule has 5 nitrogen and oxygen atoms in total. The van der Waals surface area contributed by atoms with E-state index in [1.165, 1.54) is 12.1 Å². The first-order valence-electron chi connectivity index (χ1n) is 10.2. The summed E-state index contributed by atoms with van der Waals surface area (Å²) < 4.78 is 41.1. The van der Waals surface area contributed by atoms with Gasteiger partial charge in [-0.25, -0.2) is 13.1 Å². The second-order valence-electron chi connectivity index (χ2n) is 7.47. The van der Waals surface area contributed by atoms with Gasteiger partial charge in [0, 0.05) is 23.7 Å². The lowest BCUT2D eigenvalue weighted by molar-refractivity contribution is -0.0459. The molecule has 1 aliphatic heterocycles. The van der Waals surface area contributed by atoms with E-state index in [2.05, 4.69) is 4.72 Å². The number of hydrogen-bond acceptors (Lipinski definition) is 4. The monoisotopic (exact) mass is 443 g/mol. The van der Waals surface area contributed by atoms with E-state index in [1.807, 2.05) is 91.0 Å². The Kier molecular flexibility index (Phi) is 5.17. The summed E-state index contributed by atoms with van der Waals surface area (Å²) in [5.41, 5.74) is 2.51. The molecule has 0 amide bonds. The second-order valence-corrected chi connectivity index (χ2v) is 9.24. The fourth-order valence-electron chi connectivity index (χ4n) is 3.73. The number of ether oxygens (including phenoxy) is 2. The molecule has 0 aliphatic carbocycles. The maximum Gasteiger partial charge on any atom is 0.305 e. The van der Waals surface area contributed by atoms with E-state index < -0.39 is 15.8 Å². The van der Waals surface area contributed by atoms with Crippen LogP contribution in [-0.2, 0) is 22.4 Å². The van der Waals surface area contributed by atoms with Gasteiger partial charge in [-0.05, 0) is 17.7 Å². The second kappa shape index (κ2) is 8.15. The van der Waals surface area contributed by atoms with Crippen molar-refractivity contribution in [1.82, 2.24) is 4.72 Å². The molecule has 4 aromatic carbocycles. The van der Waals surface area contributed by atoms with E-state index in [4.69, 9.17) is 9.47 Å². The van der Waals surface area contributed by atoms with Gasteiger partial charge in [0.05, 0.1) is 4.90 Å². The van der Waals surface area contributed by atoms with Gasteiger partial charge < -0.3 is 9.47 Å². The van der Waals surface area contributed by atoms with Crippen LogP contribution in [0, 0.1) is 0 Å². The molecule has 32 heavy (non-hydrogen) atoms. The molecule has 1 aliphatic rings. The van der Waals surface area contributed by atoms with Crippen LogP contribution < -0.4 is 14.2 Å². The molecule has 0 atom stereocenters. The third-order valence-electron chi connectivity index (χ3n) is 5.35. The Bertz CT molecular complexity index is 1280. The average molecular weight is 444 g/mol. The highest BCUT2D eigenvalue weighted by molar-refractivity contribution is 7.89. The first-order chi connectivity index (χ1) is 15.6. The Balaban J connectivity index is 1.48. The normalized spacial score (nSPS) is 14.2. The lowest BCUT2D eigenvalue weighted by Gasteiger charge is -2.28. The van der Waals surface area contributed by atoms with Crippen molar-refractivity contribution in [1.29, 1.82) is 0 Å². The summed E-state index contributed by atoms with van der Waals surface area (Å²) in [4.78, 5) is 0.118. The fourth-order valence-corrected chi connectivity index (χ4v) is 4.76. The summed E-state index contributed by atoms with van der Waals surface area (Å²) in [5.74, 6) is -0.329. The Morgan fingerprint density at radius 3 is 1.78 bits per heavy atom. The molecule has 0 radical (unpaired) electrons. The summed E-state index contributed by atoms with van der Waals surface area (Å²) in [6.45, 7) is 0.204. The molecule has 5 rings (SSSR count). The lowest BCUT2D eigenvalue weighted by atomic mass is 9.97. The zero-order valence-electron chi connectivity index (χ0n) is 17.1. The number of nitrogens with one attached hydrogen (secondary N) is 1. The van der Waals surface area contributed by atoms with Crippen LogP contribution in [0.25, 0.3) is 0 Å². The van der Waals surface area contributed by atoms with Crippen LogP contribution in [0.3, 0.4) is 0 Å². The van der Waals surface area contributed by atoms with E-state index in [0.29, 0.717) is 11.5 Å². The summed E-state index contributed by atoms with van der Waals surface area (Å²) in [5, 5.41) is 0. The van der Waals surface area contributed by atoms with E-state index in [-0.39, 0.29) is 11.4 Å². The van der Waals surface area contributed by atoms with Gasteiger partial charge in [0.1, 0.15) is 0 Å². The molecule has 0 spiro atoms. The minimum atomic E-state index is -3.73. The molecule has 1 N–H and O–H groups in total. The predicted molar refractivity (Wildman–Crippen MR) is 122 cm³/mol. The van der Waals surface area contributed by atoms with Crippen LogP contribution >= 0.6 is 0 Å². The van der Waals surface area contributed by atoms with Crippen molar-refractivity contribution in [3.05, 3.63) is 126 Å². The molecule has 1 heterocycles. The third-order valence-corrected chi connectivity index (χ3v) is 6.75. The molecular formula is C26H21NO4S. The Morgan fingerprint density at radius 1 is 0.656 bits per heavy atom. The molecular weight excluding hydrogens is 422 g/mol. The molecule has 0 aromatic heterocycles. The predicted octanol–water partition coefficient (Wildman–Crippen LogP) is 4.84. The van der Waals surface area contributed by atoms with Gasteiger partial charge in [0.15, 0.2) is 11.5 Å². The van der Waals surface area contributed by atoms with E-state index >= 15 is 0 Å². The van der Waals surface area contributed by atoms with Crippen molar-refractivity contribution < 1.29 is 17.9 Å². The van der Waals surface area contributed by atoms with Gasteiger partial charge in [-0.1, -0.05) is 91.0 Å². The average Bonchev–Trinajstić information content (AvgIpc) is 3.25. The largest absolute Gasteiger partial charge is 0.440 e. The SMILES string of the molecule is O=S(=O)(NCc1ccccc1)c1ccc2c(c1)OC(c1ccccc1)(c1ccccc1)O2. The summed E-state index contributed by atoms with van der Waals surface area (Å²) in [7, 11) is -3.73. The minimum Gasteiger partial charge on any atom is -0.440 e. The van der Waals surface area contributed by atoms with Gasteiger partial charge >= 0.3 is 5.79 Å². The van der Waals surface area contributed by atoms with Crippen molar-refractivity contribution in [2.75, 3.05) is 0 Å². The van der Waals surface area contributed by atoms with Crippen molar-refractivity contribution in [2.24, 2.45) is 0 Å². The molecule has 4 aromatic rings. The van der Waals surface area contributed by atoms with Crippen molar-refractivity contribution in [3.63, 3.8) is 0 Å². The van der Waals surface area contributed by atoms with Crippen LogP contribution in [0.2, 0.25) is 0 Å². The van der Waals surface area contributed by atoms with Crippen LogP contribution in [0.15, 0.2) is 114 Å². The minimum absolute atomic E-state index is 0.118. The van der Waals surface area contributed by atoms with E-state index in [1.54, 1.807) is 6.07 Å². The molecule has 0 bridgehead atoms. The highest BCUT2D eigenvalue weighted by Gasteiger charge is 2.45. The molecule has 0 unspecified atom stereocenters. The lowest BCUT2D eigenvalue weighted by Crippen LogP contribution is -2.36. The third kappa shape index (κ3) is 3.75. The molecule has 0 saturated heterocycles. The highest BCUT2D eigenvalue weighted by Crippen LogP contribution is 2.48. The van der Waals surface area contributed by atoms with Gasteiger partial charge in [0.25, 0.3) is 0 Å². The van der Waals surface area contributed by atoms with E-state index in [0.717, 1.165) is 16.7 Å². The molecule has 160 valence electrons.